The Kier molecular flexibility index (Phi) is 3.18. The second-order valence-electron chi connectivity index (χ2n) is 5.68. The molecule has 22 heavy (non-hydrogen) atoms. The van der Waals surface area contributed by atoms with Crippen LogP contribution in [0.15, 0.2) is 30.5 Å². The van der Waals surface area contributed by atoms with E-state index >= 15 is 0 Å². The molecular formula is C16H16N4OS. The van der Waals surface area contributed by atoms with E-state index in [2.05, 4.69) is 15.0 Å². The zero-order valence-electron chi connectivity index (χ0n) is 12.2. The van der Waals surface area contributed by atoms with E-state index < -0.39 is 0 Å². The molecule has 6 heteroatoms. The Balaban J connectivity index is 1.40. The van der Waals surface area contributed by atoms with Crippen molar-refractivity contribution in [3.8, 4) is 0 Å². The summed E-state index contributed by atoms with van der Waals surface area (Å²) < 4.78 is 0. The number of hydrogen-bond donors (Lipinski definition) is 1. The van der Waals surface area contributed by atoms with Crippen LogP contribution in [0, 0.1) is 6.92 Å². The number of imidazole rings is 1. The predicted octanol–water partition coefficient (Wildman–Crippen LogP) is 2.50. The van der Waals surface area contributed by atoms with Gasteiger partial charge in [-0.2, -0.15) is 0 Å². The van der Waals surface area contributed by atoms with Crippen LogP contribution in [0.1, 0.15) is 21.6 Å². The van der Waals surface area contributed by atoms with Gasteiger partial charge in [0.15, 0.2) is 0 Å². The monoisotopic (exact) mass is 312 g/mol. The van der Waals surface area contributed by atoms with Crippen LogP contribution in [-0.4, -0.2) is 38.8 Å². The van der Waals surface area contributed by atoms with Gasteiger partial charge in [0, 0.05) is 24.2 Å². The van der Waals surface area contributed by atoms with Crippen molar-refractivity contribution in [3.63, 3.8) is 0 Å². The SMILES string of the molecule is Cc1cnc(CC(=O)N2CC(c3nc4ccccc4[nH]3)C2)s1. The third kappa shape index (κ3) is 2.39. The highest BCUT2D eigenvalue weighted by molar-refractivity contribution is 7.11. The maximum absolute atomic E-state index is 12.2. The molecule has 5 nitrogen and oxygen atoms in total. The first-order chi connectivity index (χ1) is 10.7. The summed E-state index contributed by atoms with van der Waals surface area (Å²) in [5, 5.41) is 0.898. The van der Waals surface area contributed by atoms with Crippen molar-refractivity contribution in [1.29, 1.82) is 0 Å². The van der Waals surface area contributed by atoms with E-state index in [0.29, 0.717) is 12.3 Å². The van der Waals surface area contributed by atoms with Crippen LogP contribution in [0.4, 0.5) is 0 Å². The lowest BCUT2D eigenvalue weighted by Gasteiger charge is -2.38. The number of rotatable bonds is 3. The smallest absolute Gasteiger partial charge is 0.229 e. The summed E-state index contributed by atoms with van der Waals surface area (Å²) >= 11 is 1.59. The van der Waals surface area contributed by atoms with Crippen LogP contribution in [0.5, 0.6) is 0 Å². The first kappa shape index (κ1) is 13.5. The van der Waals surface area contributed by atoms with Gasteiger partial charge in [-0.1, -0.05) is 12.1 Å². The molecule has 2 aromatic heterocycles. The summed E-state index contributed by atoms with van der Waals surface area (Å²) in [7, 11) is 0. The number of aromatic nitrogens is 3. The molecule has 112 valence electrons. The number of aryl methyl sites for hydroxylation is 1. The molecule has 1 N–H and O–H groups in total. The molecule has 0 atom stereocenters. The topological polar surface area (TPSA) is 61.9 Å². The third-order valence-corrected chi connectivity index (χ3v) is 4.91. The number of likely N-dealkylation sites (tertiary alicyclic amines) is 1. The lowest BCUT2D eigenvalue weighted by Crippen LogP contribution is -2.49. The molecular weight excluding hydrogens is 296 g/mol. The minimum absolute atomic E-state index is 0.154. The van der Waals surface area contributed by atoms with Gasteiger partial charge in [-0.3, -0.25) is 4.79 Å². The van der Waals surface area contributed by atoms with Crippen LogP contribution >= 0.6 is 11.3 Å². The van der Waals surface area contributed by atoms with Gasteiger partial charge in [0.25, 0.3) is 0 Å². The summed E-state index contributed by atoms with van der Waals surface area (Å²) in [6.07, 6.45) is 2.23. The molecule has 0 aliphatic carbocycles. The number of nitrogens with zero attached hydrogens (tertiary/aromatic N) is 3. The van der Waals surface area contributed by atoms with Crippen molar-refractivity contribution >= 4 is 28.3 Å². The number of fused-ring (bicyclic) bond motifs is 1. The van der Waals surface area contributed by atoms with Crippen LogP contribution < -0.4 is 0 Å². The molecule has 4 rings (SSSR count). The van der Waals surface area contributed by atoms with E-state index in [1.165, 1.54) is 0 Å². The molecule has 1 amide bonds. The normalized spacial score (nSPS) is 15.2. The zero-order valence-corrected chi connectivity index (χ0v) is 13.1. The summed E-state index contributed by atoms with van der Waals surface area (Å²) in [4.78, 5) is 27.5. The summed E-state index contributed by atoms with van der Waals surface area (Å²) in [5.74, 6) is 1.45. The van der Waals surface area contributed by atoms with E-state index in [1.54, 1.807) is 11.3 Å². The van der Waals surface area contributed by atoms with E-state index in [1.807, 2.05) is 42.3 Å². The average Bonchev–Trinajstić information content (AvgIpc) is 3.03. The highest BCUT2D eigenvalue weighted by Gasteiger charge is 2.33. The Morgan fingerprint density at radius 2 is 2.23 bits per heavy atom. The quantitative estimate of drug-likeness (QED) is 0.808. The number of thiazole rings is 1. The van der Waals surface area contributed by atoms with Gasteiger partial charge in [0.2, 0.25) is 5.91 Å². The lowest BCUT2D eigenvalue weighted by molar-refractivity contribution is -0.134. The number of hydrogen-bond acceptors (Lipinski definition) is 4. The number of para-hydroxylation sites is 2. The van der Waals surface area contributed by atoms with Crippen molar-refractivity contribution < 1.29 is 4.79 Å². The molecule has 0 spiro atoms. The Morgan fingerprint density at radius 1 is 1.41 bits per heavy atom. The zero-order chi connectivity index (χ0) is 15.1. The fourth-order valence-corrected chi connectivity index (χ4v) is 3.52. The highest BCUT2D eigenvalue weighted by atomic mass is 32.1. The molecule has 1 aliphatic heterocycles. The molecule has 1 fully saturated rings. The second kappa shape index (κ2) is 5.21. The number of carbonyl (C=O) groups is 1. The molecule has 1 saturated heterocycles. The highest BCUT2D eigenvalue weighted by Crippen LogP contribution is 2.27. The predicted molar refractivity (Wildman–Crippen MR) is 86.0 cm³/mol. The third-order valence-electron chi connectivity index (χ3n) is 4.00. The molecule has 0 radical (unpaired) electrons. The summed E-state index contributed by atoms with van der Waals surface area (Å²) in [6.45, 7) is 3.49. The first-order valence-electron chi connectivity index (χ1n) is 7.33. The fourth-order valence-electron chi connectivity index (χ4n) is 2.75. The Morgan fingerprint density at radius 3 is 2.95 bits per heavy atom. The summed E-state index contributed by atoms with van der Waals surface area (Å²) in [5.41, 5.74) is 2.04. The number of H-pyrrole nitrogens is 1. The van der Waals surface area contributed by atoms with Crippen molar-refractivity contribution in [2.24, 2.45) is 0 Å². The van der Waals surface area contributed by atoms with Crippen molar-refractivity contribution in [2.45, 2.75) is 19.3 Å². The Bertz CT molecular complexity index is 798. The van der Waals surface area contributed by atoms with Gasteiger partial charge in [-0.15, -0.1) is 11.3 Å². The van der Waals surface area contributed by atoms with E-state index in [-0.39, 0.29) is 5.91 Å². The first-order valence-corrected chi connectivity index (χ1v) is 8.14. The molecule has 0 saturated carbocycles. The molecule has 1 aliphatic rings. The van der Waals surface area contributed by atoms with Crippen LogP contribution in [0.25, 0.3) is 11.0 Å². The van der Waals surface area contributed by atoms with Gasteiger partial charge in [0.05, 0.1) is 23.4 Å². The van der Waals surface area contributed by atoms with Crippen molar-refractivity contribution in [2.75, 3.05) is 13.1 Å². The molecule has 3 heterocycles. The number of aromatic amines is 1. The van der Waals surface area contributed by atoms with Crippen LogP contribution in [-0.2, 0) is 11.2 Å². The average molecular weight is 312 g/mol. The van der Waals surface area contributed by atoms with E-state index in [0.717, 1.165) is 39.8 Å². The lowest BCUT2D eigenvalue weighted by atomic mass is 9.99. The number of carbonyl (C=O) groups excluding carboxylic acids is 1. The molecule has 3 aromatic rings. The van der Waals surface area contributed by atoms with Crippen molar-refractivity contribution in [3.05, 3.63) is 46.2 Å². The Hall–Kier alpha value is -2.21. The van der Waals surface area contributed by atoms with Gasteiger partial charge in [0.1, 0.15) is 10.8 Å². The Labute approximate surface area is 132 Å². The van der Waals surface area contributed by atoms with Crippen molar-refractivity contribution in [1.82, 2.24) is 19.9 Å². The van der Waals surface area contributed by atoms with E-state index in [4.69, 9.17) is 0 Å². The number of amides is 1. The van der Waals surface area contributed by atoms with Crippen LogP contribution in [0.3, 0.4) is 0 Å². The summed E-state index contributed by atoms with van der Waals surface area (Å²) in [6, 6.07) is 8.01. The van der Waals surface area contributed by atoms with Gasteiger partial charge in [-0.05, 0) is 19.1 Å². The van der Waals surface area contributed by atoms with Crippen LogP contribution in [0.2, 0.25) is 0 Å². The largest absolute Gasteiger partial charge is 0.342 e. The maximum atomic E-state index is 12.2. The fraction of sp³-hybridized carbons (Fsp3) is 0.312. The minimum Gasteiger partial charge on any atom is -0.342 e. The van der Waals surface area contributed by atoms with Gasteiger partial charge >= 0.3 is 0 Å². The number of nitrogens with one attached hydrogen (secondary N) is 1. The second-order valence-corrected chi connectivity index (χ2v) is 7.00. The maximum Gasteiger partial charge on any atom is 0.229 e. The molecule has 1 aromatic carbocycles. The van der Waals surface area contributed by atoms with Gasteiger partial charge < -0.3 is 9.88 Å². The van der Waals surface area contributed by atoms with E-state index in [9.17, 15) is 4.79 Å². The molecule has 0 bridgehead atoms. The minimum atomic E-state index is 0.154. The van der Waals surface area contributed by atoms with Gasteiger partial charge in [-0.25, -0.2) is 9.97 Å². The number of benzene rings is 1. The molecule has 0 unspecified atom stereocenters. The standard InChI is InChI=1S/C16H16N4OS/c1-10-7-17-14(22-10)6-15(21)20-8-11(9-20)16-18-12-4-2-3-5-13(12)19-16/h2-5,7,11H,6,8-9H2,1H3,(H,18,19).